The molecule has 0 radical (unpaired) electrons. The molecule has 1 N–H and O–H groups in total. The van der Waals surface area contributed by atoms with E-state index in [1.165, 1.54) is 22.7 Å². The van der Waals surface area contributed by atoms with Gasteiger partial charge in [0.25, 0.3) is 5.91 Å². The van der Waals surface area contributed by atoms with Crippen molar-refractivity contribution in [2.45, 2.75) is 13.8 Å². The van der Waals surface area contributed by atoms with E-state index >= 15 is 0 Å². The van der Waals surface area contributed by atoms with Crippen molar-refractivity contribution in [2.75, 3.05) is 38.1 Å². The molecule has 1 aliphatic rings. The molecule has 202 valence electrons. The second-order valence-corrected chi connectivity index (χ2v) is 12.4. The van der Waals surface area contributed by atoms with Crippen LogP contribution in [0.1, 0.15) is 31.8 Å². The molecule has 0 aliphatic carbocycles. The van der Waals surface area contributed by atoms with Gasteiger partial charge in [0.05, 0.1) is 11.6 Å². The number of ether oxygens (including phenoxy) is 1. The molecule has 5 rings (SSSR count). The monoisotopic (exact) mass is 617 g/mol. The van der Waals surface area contributed by atoms with Crippen LogP contribution in [0.25, 0.3) is 21.2 Å². The number of nitrogens with one attached hydrogen (secondary N) is 1. The predicted octanol–water partition coefficient (Wildman–Crippen LogP) is 7.58. The molecule has 1 fully saturated rings. The zero-order valence-corrected chi connectivity index (χ0v) is 25.2. The van der Waals surface area contributed by atoms with Crippen LogP contribution in [0.4, 0.5) is 5.00 Å². The molecule has 6 nitrogen and oxygen atoms in total. The van der Waals surface area contributed by atoms with Gasteiger partial charge < -0.3 is 19.9 Å². The maximum atomic E-state index is 13.3. The summed E-state index contributed by atoms with van der Waals surface area (Å²) in [6, 6.07) is 15.2. The molecule has 3 heterocycles. The first-order chi connectivity index (χ1) is 18.8. The number of rotatable bonds is 5. The highest BCUT2D eigenvalue weighted by Crippen LogP contribution is 2.41. The Balaban J connectivity index is 1.30. The first kappa shape index (κ1) is 27.9. The van der Waals surface area contributed by atoms with E-state index in [1.807, 2.05) is 54.3 Å². The van der Waals surface area contributed by atoms with Gasteiger partial charge in [0.2, 0.25) is 0 Å². The molecule has 4 aromatic rings. The van der Waals surface area contributed by atoms with Gasteiger partial charge >= 0.3 is 5.97 Å². The summed E-state index contributed by atoms with van der Waals surface area (Å²) in [6.07, 6.45) is 0. The lowest BCUT2D eigenvalue weighted by Gasteiger charge is -2.36. The van der Waals surface area contributed by atoms with Crippen molar-refractivity contribution in [3.05, 3.63) is 73.9 Å². The van der Waals surface area contributed by atoms with Gasteiger partial charge in [-0.3, -0.25) is 4.79 Å². The van der Waals surface area contributed by atoms with Crippen LogP contribution in [0.15, 0.2) is 48.5 Å². The average molecular weight is 619 g/mol. The fraction of sp³-hybridized carbons (Fsp3) is 0.250. The number of fused-ring (bicyclic) bond motifs is 1. The molecular weight excluding hydrogens is 593 g/mol. The molecule has 1 aliphatic heterocycles. The summed E-state index contributed by atoms with van der Waals surface area (Å²) >= 11 is 21.3. The molecule has 1 amide bonds. The van der Waals surface area contributed by atoms with Crippen LogP contribution in [0.3, 0.4) is 0 Å². The molecule has 39 heavy (non-hydrogen) atoms. The summed E-state index contributed by atoms with van der Waals surface area (Å²) in [5.41, 5.74) is 2.28. The molecule has 2 aromatic carbocycles. The van der Waals surface area contributed by atoms with Crippen LogP contribution in [0.2, 0.25) is 10.0 Å². The highest BCUT2D eigenvalue weighted by atomic mass is 35.5. The number of piperazine rings is 1. The van der Waals surface area contributed by atoms with Crippen molar-refractivity contribution in [2.24, 2.45) is 0 Å². The van der Waals surface area contributed by atoms with Crippen LogP contribution >= 0.6 is 58.1 Å². The molecule has 0 unspecified atom stereocenters. The molecular formula is C28H25Cl2N3O3S3. The largest absolute Gasteiger partial charge is 0.462 e. The number of esters is 1. The molecule has 0 spiro atoms. The fourth-order valence-corrected chi connectivity index (χ4v) is 7.76. The van der Waals surface area contributed by atoms with E-state index in [1.54, 1.807) is 17.9 Å². The van der Waals surface area contributed by atoms with Crippen LogP contribution in [0.5, 0.6) is 0 Å². The van der Waals surface area contributed by atoms with Crippen molar-refractivity contribution in [3.8, 4) is 11.1 Å². The van der Waals surface area contributed by atoms with E-state index in [2.05, 4.69) is 5.32 Å². The fourth-order valence-electron chi connectivity index (χ4n) is 4.59. The Morgan fingerprint density at radius 1 is 1.03 bits per heavy atom. The minimum absolute atomic E-state index is 0.0955. The third-order valence-corrected chi connectivity index (χ3v) is 9.75. The van der Waals surface area contributed by atoms with Crippen LogP contribution in [0, 0.1) is 6.92 Å². The Kier molecular flexibility index (Phi) is 8.44. The lowest BCUT2D eigenvalue weighted by molar-refractivity contribution is 0.0528. The van der Waals surface area contributed by atoms with Crippen molar-refractivity contribution < 1.29 is 14.3 Å². The minimum atomic E-state index is -0.386. The smallest absolute Gasteiger partial charge is 0.341 e. The predicted molar refractivity (Wildman–Crippen MR) is 166 cm³/mol. The van der Waals surface area contributed by atoms with Crippen LogP contribution in [-0.4, -0.2) is 59.6 Å². The number of halogens is 2. The Bertz CT molecular complexity index is 1560. The SMILES string of the molecule is CCOC(=O)c1c(NC(=S)N2CCN(C(=O)c3sc4cc(Cl)ccc4c3Cl)CC2)sc(C)c1-c1ccccc1. The number of benzene rings is 2. The van der Waals surface area contributed by atoms with E-state index in [9.17, 15) is 9.59 Å². The van der Waals surface area contributed by atoms with Crippen molar-refractivity contribution in [1.29, 1.82) is 0 Å². The van der Waals surface area contributed by atoms with E-state index in [0.717, 1.165) is 26.1 Å². The molecule has 2 aromatic heterocycles. The van der Waals surface area contributed by atoms with Gasteiger partial charge in [0, 0.05) is 51.7 Å². The van der Waals surface area contributed by atoms with Crippen molar-refractivity contribution >= 4 is 90.2 Å². The lowest BCUT2D eigenvalue weighted by atomic mass is 10.0. The normalized spacial score (nSPS) is 13.5. The summed E-state index contributed by atoms with van der Waals surface area (Å²) in [7, 11) is 0. The topological polar surface area (TPSA) is 61.9 Å². The third-order valence-electron chi connectivity index (χ3n) is 6.49. The number of nitrogens with zero attached hydrogens (tertiary/aromatic N) is 2. The molecule has 11 heteroatoms. The number of carbonyl (C=O) groups is 2. The maximum absolute atomic E-state index is 13.3. The van der Waals surface area contributed by atoms with Gasteiger partial charge in [-0.1, -0.05) is 59.6 Å². The van der Waals surface area contributed by atoms with Gasteiger partial charge in [-0.15, -0.1) is 22.7 Å². The number of hydrogen-bond donors (Lipinski definition) is 1. The summed E-state index contributed by atoms with van der Waals surface area (Å²) in [4.78, 5) is 31.6. The Hall–Kier alpha value is -2.69. The first-order valence-corrected chi connectivity index (χ1v) is 15.2. The molecule has 1 saturated heterocycles. The zero-order valence-electron chi connectivity index (χ0n) is 21.3. The number of anilines is 1. The van der Waals surface area contributed by atoms with Crippen LogP contribution < -0.4 is 5.32 Å². The summed E-state index contributed by atoms with van der Waals surface area (Å²) in [6.45, 7) is 6.15. The van der Waals surface area contributed by atoms with E-state index in [-0.39, 0.29) is 18.5 Å². The third kappa shape index (κ3) is 5.64. The standard InChI is InChI=1S/C28H25Cl2N3O3S3/c1-3-36-27(35)22-21(17-7-5-4-6-8-17)16(2)38-25(22)31-28(37)33-13-11-32(12-14-33)26(34)24-23(30)19-10-9-18(29)15-20(19)39-24/h4-10,15H,3,11-14H2,1-2H3,(H,31,37). The van der Waals surface area contributed by atoms with E-state index in [0.29, 0.717) is 56.8 Å². The molecule has 0 atom stereocenters. The second-order valence-electron chi connectivity index (χ2n) is 8.92. The number of thiocarbonyl (C=S) groups is 1. The quantitative estimate of drug-likeness (QED) is 0.184. The van der Waals surface area contributed by atoms with Gasteiger partial charge in [-0.05, 0) is 43.8 Å². The zero-order chi connectivity index (χ0) is 27.7. The molecule has 0 bridgehead atoms. The first-order valence-electron chi connectivity index (χ1n) is 12.4. The van der Waals surface area contributed by atoms with Crippen LogP contribution in [-0.2, 0) is 4.74 Å². The number of thiophene rings is 2. The number of amides is 1. The number of hydrogen-bond acceptors (Lipinski definition) is 6. The lowest BCUT2D eigenvalue weighted by Crippen LogP contribution is -2.51. The number of aryl methyl sites for hydroxylation is 1. The Morgan fingerprint density at radius 2 is 1.72 bits per heavy atom. The summed E-state index contributed by atoms with van der Waals surface area (Å²) < 4.78 is 6.29. The summed E-state index contributed by atoms with van der Waals surface area (Å²) in [5.74, 6) is -0.482. The minimum Gasteiger partial charge on any atom is -0.462 e. The van der Waals surface area contributed by atoms with Crippen molar-refractivity contribution in [3.63, 3.8) is 0 Å². The van der Waals surface area contributed by atoms with E-state index < -0.39 is 0 Å². The highest BCUT2D eigenvalue weighted by Gasteiger charge is 2.29. The summed E-state index contributed by atoms with van der Waals surface area (Å²) in [5, 5.41) is 6.36. The van der Waals surface area contributed by atoms with E-state index in [4.69, 9.17) is 40.2 Å². The Morgan fingerprint density at radius 3 is 2.41 bits per heavy atom. The van der Waals surface area contributed by atoms with Gasteiger partial charge in [0.15, 0.2) is 5.11 Å². The Labute approximate surface area is 250 Å². The van der Waals surface area contributed by atoms with Crippen molar-refractivity contribution in [1.82, 2.24) is 9.80 Å². The molecule has 0 saturated carbocycles. The van der Waals surface area contributed by atoms with Gasteiger partial charge in [0.1, 0.15) is 15.4 Å². The highest BCUT2D eigenvalue weighted by molar-refractivity contribution is 7.80. The van der Waals surface area contributed by atoms with Gasteiger partial charge in [-0.2, -0.15) is 0 Å². The average Bonchev–Trinajstić information content (AvgIpc) is 3.44. The van der Waals surface area contributed by atoms with Gasteiger partial charge in [-0.25, -0.2) is 4.79 Å². The number of carbonyl (C=O) groups excluding carboxylic acids is 2. The maximum Gasteiger partial charge on any atom is 0.341 e. The second kappa shape index (κ2) is 11.8.